The number of hydrogen-bond donors (Lipinski definition) is 3. The number of rotatable bonds is 14. The lowest BCUT2D eigenvalue weighted by Gasteiger charge is -2.32. The third-order valence-corrected chi connectivity index (χ3v) is 7.99. The monoisotopic (exact) mass is 692 g/mol. The molecule has 0 saturated carbocycles. The van der Waals surface area contributed by atoms with Gasteiger partial charge in [-0.2, -0.15) is 0 Å². The summed E-state index contributed by atoms with van der Waals surface area (Å²) in [6.07, 6.45) is -0.816. The van der Waals surface area contributed by atoms with Gasteiger partial charge in [-0.05, 0) is 89.1 Å². The molecule has 0 unspecified atom stereocenters. The largest absolute Gasteiger partial charge is 0.492 e. The van der Waals surface area contributed by atoms with E-state index in [9.17, 15) is 18.7 Å². The molecule has 1 aliphatic rings. The van der Waals surface area contributed by atoms with Crippen molar-refractivity contribution >= 4 is 28.5 Å². The first-order valence-electron chi connectivity index (χ1n) is 14.2. The minimum Gasteiger partial charge on any atom is -0.492 e. The van der Waals surface area contributed by atoms with Crippen LogP contribution in [-0.2, 0) is 24.2 Å². The predicted molar refractivity (Wildman–Crippen MR) is 168 cm³/mol. The highest BCUT2D eigenvalue weighted by Gasteiger charge is 2.23. The van der Waals surface area contributed by atoms with Crippen LogP contribution in [0.4, 0.5) is 8.78 Å². The molecule has 1 aliphatic heterocycles. The van der Waals surface area contributed by atoms with Gasteiger partial charge in [-0.15, -0.1) is 0 Å². The Labute approximate surface area is 260 Å². The molecule has 1 fully saturated rings. The van der Waals surface area contributed by atoms with Crippen molar-refractivity contribution in [3.63, 3.8) is 0 Å². The van der Waals surface area contributed by atoms with Crippen molar-refractivity contribution in [3.05, 3.63) is 98.6 Å². The van der Waals surface area contributed by atoms with E-state index in [-0.39, 0.29) is 25.3 Å². The van der Waals surface area contributed by atoms with Gasteiger partial charge in [0.1, 0.15) is 24.0 Å². The summed E-state index contributed by atoms with van der Waals surface area (Å²) >= 11 is 2.24. The average Bonchev–Trinajstić information content (AvgIpc) is 2.94. The second kappa shape index (κ2) is 16.3. The van der Waals surface area contributed by atoms with E-state index in [0.717, 1.165) is 59.2 Å². The molecule has 3 aromatic carbocycles. The summed E-state index contributed by atoms with van der Waals surface area (Å²) in [7, 11) is 2.13. The van der Waals surface area contributed by atoms with Crippen molar-refractivity contribution in [2.24, 2.45) is 0 Å². The molecule has 1 saturated heterocycles. The van der Waals surface area contributed by atoms with Gasteiger partial charge in [-0.25, -0.2) is 8.78 Å². The van der Waals surface area contributed by atoms with Crippen LogP contribution in [0.2, 0.25) is 0 Å². The van der Waals surface area contributed by atoms with Gasteiger partial charge >= 0.3 is 0 Å². The smallest absolute Gasteiger partial charge is 0.224 e. The third kappa shape index (κ3) is 10.9. The minimum absolute atomic E-state index is 0.0760. The summed E-state index contributed by atoms with van der Waals surface area (Å²) < 4.78 is 34.7. The Kier molecular flexibility index (Phi) is 12.5. The molecule has 0 radical (unpaired) electrons. The van der Waals surface area contributed by atoms with E-state index in [4.69, 9.17) is 4.74 Å². The predicted octanol–water partition coefficient (Wildman–Crippen LogP) is 3.62. The van der Waals surface area contributed by atoms with Crippen molar-refractivity contribution < 1.29 is 23.4 Å². The number of amides is 1. The van der Waals surface area contributed by atoms with Crippen LogP contribution >= 0.6 is 22.6 Å². The Morgan fingerprint density at radius 2 is 1.69 bits per heavy atom. The molecule has 226 valence electrons. The fraction of sp³-hybridized carbons (Fsp3) is 0.406. The van der Waals surface area contributed by atoms with E-state index in [0.29, 0.717) is 18.7 Å². The summed E-state index contributed by atoms with van der Waals surface area (Å²) in [5, 5.41) is 17.1. The summed E-state index contributed by atoms with van der Waals surface area (Å²) in [5.41, 5.74) is 2.21. The lowest BCUT2D eigenvalue weighted by atomic mass is 10.00. The van der Waals surface area contributed by atoms with Gasteiger partial charge in [0.25, 0.3) is 0 Å². The topological polar surface area (TPSA) is 77.1 Å². The maximum atomic E-state index is 13.9. The number of piperazine rings is 1. The van der Waals surface area contributed by atoms with Gasteiger partial charge in [0.05, 0.1) is 18.6 Å². The summed E-state index contributed by atoms with van der Waals surface area (Å²) in [6.45, 7) is 6.41. The van der Waals surface area contributed by atoms with Crippen molar-refractivity contribution in [1.82, 2.24) is 20.4 Å². The highest BCUT2D eigenvalue weighted by molar-refractivity contribution is 14.1. The van der Waals surface area contributed by atoms with Crippen LogP contribution in [0, 0.1) is 15.2 Å². The zero-order chi connectivity index (χ0) is 29.9. The number of aliphatic hydroxyl groups is 1. The van der Waals surface area contributed by atoms with E-state index < -0.39 is 23.8 Å². The average molecular weight is 693 g/mol. The number of ether oxygens (including phenoxy) is 1. The fourth-order valence-corrected chi connectivity index (χ4v) is 5.54. The molecule has 4 rings (SSSR count). The van der Waals surface area contributed by atoms with Crippen LogP contribution in [0.15, 0.2) is 66.7 Å². The van der Waals surface area contributed by atoms with E-state index in [1.807, 2.05) is 48.5 Å². The number of carbonyl (C=O) groups is 1. The molecule has 7 nitrogen and oxygen atoms in total. The summed E-state index contributed by atoms with van der Waals surface area (Å²) in [4.78, 5) is 17.7. The van der Waals surface area contributed by atoms with Crippen LogP contribution in [-0.4, -0.2) is 85.9 Å². The number of hydrogen-bond acceptors (Lipinski definition) is 6. The molecular formula is C32H39F2IN4O3. The number of nitrogens with one attached hydrogen (secondary N) is 2. The van der Waals surface area contributed by atoms with E-state index in [2.05, 4.69) is 50.1 Å². The first-order chi connectivity index (χ1) is 20.2. The molecule has 0 bridgehead atoms. The first kappa shape index (κ1) is 32.3. The van der Waals surface area contributed by atoms with Crippen molar-refractivity contribution in [3.8, 4) is 5.75 Å². The molecule has 0 spiro atoms. The van der Waals surface area contributed by atoms with Crippen molar-refractivity contribution in [2.75, 3.05) is 52.9 Å². The van der Waals surface area contributed by atoms with Crippen molar-refractivity contribution in [2.45, 2.75) is 31.5 Å². The summed E-state index contributed by atoms with van der Waals surface area (Å²) in [6, 6.07) is 17.9. The van der Waals surface area contributed by atoms with Gasteiger partial charge in [0.15, 0.2) is 0 Å². The lowest BCUT2D eigenvalue weighted by molar-refractivity contribution is -0.122. The molecule has 0 aliphatic carbocycles. The second-order valence-electron chi connectivity index (χ2n) is 10.8. The highest BCUT2D eigenvalue weighted by Crippen LogP contribution is 2.15. The number of aliphatic hydroxyl groups excluding tert-OH is 1. The van der Waals surface area contributed by atoms with Crippen LogP contribution in [0.5, 0.6) is 5.75 Å². The zero-order valence-electron chi connectivity index (χ0n) is 23.9. The number of likely N-dealkylation sites (N-methyl/N-ethyl adjacent to an activating group) is 1. The normalized spacial score (nSPS) is 15.7. The van der Waals surface area contributed by atoms with Crippen LogP contribution in [0.3, 0.4) is 0 Å². The molecule has 1 heterocycles. The minimum atomic E-state index is -0.987. The van der Waals surface area contributed by atoms with Gasteiger partial charge in [-0.1, -0.05) is 24.3 Å². The molecule has 1 amide bonds. The molecule has 10 heteroatoms. The molecule has 42 heavy (non-hydrogen) atoms. The Hall–Kier alpha value is -2.64. The third-order valence-electron chi connectivity index (χ3n) is 7.32. The molecular weight excluding hydrogens is 653 g/mol. The molecule has 2 atom stereocenters. The van der Waals surface area contributed by atoms with Crippen LogP contribution in [0.1, 0.15) is 16.7 Å². The first-order valence-corrected chi connectivity index (χ1v) is 15.3. The second-order valence-corrected chi connectivity index (χ2v) is 12.0. The Morgan fingerprint density at radius 1 is 0.976 bits per heavy atom. The maximum Gasteiger partial charge on any atom is 0.224 e. The SMILES string of the molecule is CN1CCN(CCOc2ccc(CC(=O)N[C@@H](Cc3cc(F)cc(F)c3)[C@H](O)CNCc3cccc(I)c3)cc2)CC1. The van der Waals surface area contributed by atoms with E-state index in [1.54, 1.807) is 0 Å². The van der Waals surface area contributed by atoms with Gasteiger partial charge < -0.3 is 25.4 Å². The fourth-order valence-electron chi connectivity index (χ4n) is 4.93. The Bertz CT molecular complexity index is 1270. The van der Waals surface area contributed by atoms with Crippen molar-refractivity contribution in [1.29, 1.82) is 0 Å². The molecule has 3 aromatic rings. The number of nitrogens with zero attached hydrogens (tertiary/aromatic N) is 2. The van der Waals surface area contributed by atoms with Gasteiger partial charge in [0.2, 0.25) is 5.91 Å². The van der Waals surface area contributed by atoms with E-state index in [1.165, 1.54) is 12.1 Å². The molecule has 3 N–H and O–H groups in total. The van der Waals surface area contributed by atoms with Gasteiger partial charge in [0, 0.05) is 55.4 Å². The maximum absolute atomic E-state index is 13.9. The Morgan fingerprint density at radius 3 is 2.38 bits per heavy atom. The molecule has 0 aromatic heterocycles. The zero-order valence-corrected chi connectivity index (χ0v) is 26.0. The lowest BCUT2D eigenvalue weighted by Crippen LogP contribution is -2.49. The van der Waals surface area contributed by atoms with Crippen LogP contribution < -0.4 is 15.4 Å². The summed E-state index contributed by atoms with van der Waals surface area (Å²) in [5.74, 6) is -0.953. The highest BCUT2D eigenvalue weighted by atomic mass is 127. The van der Waals surface area contributed by atoms with Crippen LogP contribution in [0.25, 0.3) is 0 Å². The number of halogens is 3. The quantitative estimate of drug-likeness (QED) is 0.225. The van der Waals surface area contributed by atoms with E-state index >= 15 is 0 Å². The Balaban J connectivity index is 1.30. The standard InChI is InChI=1S/C32H39F2IN4O3/c1-38-9-11-39(12-10-38)13-14-42-29-7-5-23(6-8-29)19-32(41)37-30(18-25-15-26(33)20-27(34)16-25)31(40)22-36-21-24-3-2-4-28(35)17-24/h2-8,15-17,20,30-31,36,40H,9-14,18-19,21-22H2,1H3,(H,37,41)/t30-,31+/m0/s1. The number of benzene rings is 3. The number of carbonyl (C=O) groups excluding carboxylic acids is 1. The van der Waals surface area contributed by atoms with Gasteiger partial charge in [-0.3, -0.25) is 9.69 Å².